The fraction of sp³-hybridized carbons (Fsp3) is 0.800. The van der Waals surface area contributed by atoms with Crippen molar-refractivity contribution >= 4 is 0 Å². The van der Waals surface area contributed by atoms with E-state index in [9.17, 15) is 0 Å². The maximum absolute atomic E-state index is 6.05. The van der Waals surface area contributed by atoms with Gasteiger partial charge in [0.15, 0.2) is 0 Å². The molecule has 0 bridgehead atoms. The Balaban J connectivity index is 2.56. The Hall–Kier alpha value is -0.300. The van der Waals surface area contributed by atoms with Crippen LogP contribution in [0.25, 0.3) is 0 Å². The van der Waals surface area contributed by atoms with Crippen LogP contribution in [0.15, 0.2) is 12.7 Å². The molecule has 0 heterocycles. The summed E-state index contributed by atoms with van der Waals surface area (Å²) in [5.41, 5.74) is 6.40. The minimum atomic E-state index is 0.347. The molecule has 1 aliphatic rings. The SMILES string of the molecule is C=CCC1(C)CCCCC1N. The van der Waals surface area contributed by atoms with Crippen LogP contribution in [0.4, 0.5) is 0 Å². The van der Waals surface area contributed by atoms with Crippen LogP contribution in [0.3, 0.4) is 0 Å². The largest absolute Gasteiger partial charge is 0.327 e. The van der Waals surface area contributed by atoms with E-state index < -0.39 is 0 Å². The number of nitrogens with two attached hydrogens (primary N) is 1. The van der Waals surface area contributed by atoms with E-state index in [0.29, 0.717) is 11.5 Å². The second kappa shape index (κ2) is 3.40. The average Bonchev–Trinajstić information content (AvgIpc) is 1.96. The molecule has 1 saturated carbocycles. The van der Waals surface area contributed by atoms with E-state index in [0.717, 1.165) is 6.42 Å². The van der Waals surface area contributed by atoms with Gasteiger partial charge < -0.3 is 5.73 Å². The molecule has 0 aromatic rings. The molecule has 2 unspecified atom stereocenters. The van der Waals surface area contributed by atoms with Gasteiger partial charge in [0.2, 0.25) is 0 Å². The molecule has 0 spiro atoms. The molecule has 0 amide bonds. The van der Waals surface area contributed by atoms with Crippen molar-refractivity contribution in [1.29, 1.82) is 0 Å². The van der Waals surface area contributed by atoms with Gasteiger partial charge in [-0.15, -0.1) is 6.58 Å². The molecule has 1 rings (SSSR count). The topological polar surface area (TPSA) is 26.0 Å². The van der Waals surface area contributed by atoms with Gasteiger partial charge in [-0.25, -0.2) is 0 Å². The Morgan fingerprint density at radius 1 is 1.64 bits per heavy atom. The van der Waals surface area contributed by atoms with Crippen molar-refractivity contribution in [3.8, 4) is 0 Å². The van der Waals surface area contributed by atoms with Crippen molar-refractivity contribution in [2.45, 2.75) is 45.1 Å². The zero-order valence-corrected chi connectivity index (χ0v) is 7.47. The summed E-state index contributed by atoms with van der Waals surface area (Å²) in [7, 11) is 0. The predicted molar refractivity (Wildman–Crippen MR) is 49.4 cm³/mol. The molecule has 64 valence electrons. The third-order valence-corrected chi connectivity index (χ3v) is 3.02. The van der Waals surface area contributed by atoms with E-state index in [1.165, 1.54) is 25.7 Å². The molecule has 1 nitrogen and oxygen atoms in total. The van der Waals surface area contributed by atoms with Crippen LogP contribution in [0, 0.1) is 5.41 Å². The number of hydrogen-bond donors (Lipinski definition) is 1. The first kappa shape index (κ1) is 8.79. The first-order chi connectivity index (χ1) is 5.19. The van der Waals surface area contributed by atoms with Crippen LogP contribution in [0.1, 0.15) is 39.0 Å². The van der Waals surface area contributed by atoms with Crippen LogP contribution in [0.5, 0.6) is 0 Å². The highest BCUT2D eigenvalue weighted by Gasteiger charge is 2.32. The number of hydrogen-bond acceptors (Lipinski definition) is 1. The summed E-state index contributed by atoms with van der Waals surface area (Å²) < 4.78 is 0. The Bertz CT molecular complexity index is 142. The Morgan fingerprint density at radius 2 is 2.36 bits per heavy atom. The first-order valence-corrected chi connectivity index (χ1v) is 4.55. The lowest BCUT2D eigenvalue weighted by Crippen LogP contribution is -2.41. The maximum atomic E-state index is 6.05. The molecule has 11 heavy (non-hydrogen) atoms. The van der Waals surface area contributed by atoms with Crippen molar-refractivity contribution < 1.29 is 0 Å². The van der Waals surface area contributed by atoms with Gasteiger partial charge in [-0.1, -0.05) is 25.8 Å². The van der Waals surface area contributed by atoms with Gasteiger partial charge in [-0.3, -0.25) is 0 Å². The zero-order chi connectivity index (χ0) is 8.32. The highest BCUT2D eigenvalue weighted by atomic mass is 14.7. The molecule has 1 fully saturated rings. The van der Waals surface area contributed by atoms with E-state index in [-0.39, 0.29) is 0 Å². The van der Waals surface area contributed by atoms with Gasteiger partial charge in [0, 0.05) is 6.04 Å². The molecule has 1 heteroatoms. The third-order valence-electron chi connectivity index (χ3n) is 3.02. The average molecular weight is 153 g/mol. The van der Waals surface area contributed by atoms with E-state index in [1.54, 1.807) is 0 Å². The molecule has 0 saturated heterocycles. The van der Waals surface area contributed by atoms with Crippen LogP contribution < -0.4 is 5.73 Å². The van der Waals surface area contributed by atoms with Crippen LogP contribution in [0.2, 0.25) is 0 Å². The van der Waals surface area contributed by atoms with Gasteiger partial charge >= 0.3 is 0 Å². The molecule has 0 aromatic heterocycles. The molecular formula is C10H19N. The number of allylic oxidation sites excluding steroid dienone is 1. The summed E-state index contributed by atoms with van der Waals surface area (Å²) in [6, 6.07) is 0.397. The van der Waals surface area contributed by atoms with Crippen molar-refractivity contribution in [3.05, 3.63) is 12.7 Å². The lowest BCUT2D eigenvalue weighted by atomic mass is 9.70. The summed E-state index contributed by atoms with van der Waals surface area (Å²) in [4.78, 5) is 0. The van der Waals surface area contributed by atoms with Crippen molar-refractivity contribution in [3.63, 3.8) is 0 Å². The summed E-state index contributed by atoms with van der Waals surface area (Å²) in [6.45, 7) is 6.07. The van der Waals surface area contributed by atoms with Crippen LogP contribution in [-0.2, 0) is 0 Å². The van der Waals surface area contributed by atoms with Gasteiger partial charge in [0.1, 0.15) is 0 Å². The summed E-state index contributed by atoms with van der Waals surface area (Å²) in [6.07, 6.45) is 8.22. The highest BCUT2D eigenvalue weighted by molar-refractivity contribution is 4.93. The second-order valence-corrected chi connectivity index (χ2v) is 4.00. The van der Waals surface area contributed by atoms with Gasteiger partial charge in [-0.05, 0) is 24.7 Å². The lowest BCUT2D eigenvalue weighted by Gasteiger charge is -2.38. The predicted octanol–water partition coefficient (Wildman–Crippen LogP) is 2.47. The quantitative estimate of drug-likeness (QED) is 0.606. The summed E-state index contributed by atoms with van der Waals surface area (Å²) in [5.74, 6) is 0. The maximum Gasteiger partial charge on any atom is 0.00958 e. The van der Waals surface area contributed by atoms with Gasteiger partial charge in [0.05, 0.1) is 0 Å². The van der Waals surface area contributed by atoms with E-state index >= 15 is 0 Å². The monoisotopic (exact) mass is 153 g/mol. The van der Waals surface area contributed by atoms with E-state index in [2.05, 4.69) is 13.5 Å². The fourth-order valence-corrected chi connectivity index (χ4v) is 2.01. The molecule has 0 radical (unpaired) electrons. The zero-order valence-electron chi connectivity index (χ0n) is 7.47. The normalized spacial score (nSPS) is 38.5. The number of rotatable bonds is 2. The molecule has 0 aromatic carbocycles. The molecule has 2 N–H and O–H groups in total. The third kappa shape index (κ3) is 1.84. The van der Waals surface area contributed by atoms with Crippen LogP contribution >= 0.6 is 0 Å². The standard InChI is InChI=1S/C10H19N/c1-3-7-10(2)8-5-4-6-9(10)11/h3,9H,1,4-8,11H2,2H3. The lowest BCUT2D eigenvalue weighted by molar-refractivity contribution is 0.180. The molecule has 1 aliphatic carbocycles. The fourth-order valence-electron chi connectivity index (χ4n) is 2.01. The summed E-state index contributed by atoms with van der Waals surface area (Å²) in [5, 5.41) is 0. The molecule has 2 atom stereocenters. The van der Waals surface area contributed by atoms with E-state index in [4.69, 9.17) is 5.73 Å². The molecular weight excluding hydrogens is 134 g/mol. The Kier molecular flexibility index (Phi) is 2.72. The van der Waals surface area contributed by atoms with Crippen molar-refractivity contribution in [2.24, 2.45) is 11.1 Å². The molecule has 0 aliphatic heterocycles. The Morgan fingerprint density at radius 3 is 2.91 bits per heavy atom. The van der Waals surface area contributed by atoms with Crippen molar-refractivity contribution in [2.75, 3.05) is 0 Å². The highest BCUT2D eigenvalue weighted by Crippen LogP contribution is 2.37. The summed E-state index contributed by atoms with van der Waals surface area (Å²) >= 11 is 0. The van der Waals surface area contributed by atoms with Gasteiger partial charge in [0.25, 0.3) is 0 Å². The van der Waals surface area contributed by atoms with E-state index in [1.807, 2.05) is 6.08 Å². The van der Waals surface area contributed by atoms with Crippen LogP contribution in [-0.4, -0.2) is 6.04 Å². The van der Waals surface area contributed by atoms with Gasteiger partial charge in [-0.2, -0.15) is 0 Å². The minimum Gasteiger partial charge on any atom is -0.327 e. The second-order valence-electron chi connectivity index (χ2n) is 4.00. The minimum absolute atomic E-state index is 0.347. The first-order valence-electron chi connectivity index (χ1n) is 4.55. The smallest absolute Gasteiger partial charge is 0.00958 e. The van der Waals surface area contributed by atoms with Crippen molar-refractivity contribution in [1.82, 2.24) is 0 Å². The Labute approximate surface area is 69.7 Å².